The van der Waals surface area contributed by atoms with E-state index in [4.69, 9.17) is 9.47 Å². The third-order valence-corrected chi connectivity index (χ3v) is 7.47. The van der Waals surface area contributed by atoms with Gasteiger partial charge in [0.1, 0.15) is 5.75 Å². The molecule has 0 N–H and O–H groups in total. The Kier molecular flexibility index (Phi) is 7.71. The van der Waals surface area contributed by atoms with Crippen LogP contribution in [0.3, 0.4) is 0 Å². The molecule has 2 aromatic carbocycles. The fourth-order valence-electron chi connectivity index (χ4n) is 4.70. The van der Waals surface area contributed by atoms with Crippen LogP contribution in [0.2, 0.25) is 0 Å². The molecule has 5 rings (SSSR count). The van der Waals surface area contributed by atoms with Gasteiger partial charge in [0.15, 0.2) is 4.80 Å². The van der Waals surface area contributed by atoms with Gasteiger partial charge in [0, 0.05) is 29.7 Å². The highest BCUT2D eigenvalue weighted by Crippen LogP contribution is 2.32. The number of esters is 1. The summed E-state index contributed by atoms with van der Waals surface area (Å²) < 4.78 is 14.9. The van der Waals surface area contributed by atoms with Crippen LogP contribution in [-0.4, -0.2) is 32.7 Å². The molecule has 0 saturated carbocycles. The Morgan fingerprint density at radius 3 is 2.49 bits per heavy atom. The Balaban J connectivity index is 1.64. The zero-order valence-corrected chi connectivity index (χ0v) is 23.8. The highest BCUT2D eigenvalue weighted by molar-refractivity contribution is 7.07. The second kappa shape index (κ2) is 11.4. The highest BCUT2D eigenvalue weighted by atomic mass is 32.1. The molecule has 0 bridgehead atoms. The van der Waals surface area contributed by atoms with E-state index in [0.29, 0.717) is 44.3 Å². The summed E-state index contributed by atoms with van der Waals surface area (Å²) in [6.45, 7) is 7.71. The summed E-state index contributed by atoms with van der Waals surface area (Å²) in [6.07, 6.45) is 3.23. The molecule has 1 aliphatic rings. The molecule has 1 aliphatic heterocycles. The smallest absolute Gasteiger partial charge is 0.338 e. The third kappa shape index (κ3) is 5.48. The number of non-ortho nitro benzene ring substituents is 1. The molecule has 0 radical (unpaired) electrons. The predicted octanol–water partition coefficient (Wildman–Crippen LogP) is 4.28. The van der Waals surface area contributed by atoms with Crippen molar-refractivity contribution in [1.82, 2.24) is 9.13 Å². The lowest BCUT2D eigenvalue weighted by Crippen LogP contribution is -2.40. The minimum absolute atomic E-state index is 0.00720. The van der Waals surface area contributed by atoms with Gasteiger partial charge < -0.3 is 14.0 Å². The average molecular weight is 573 g/mol. The number of nitrogens with zero attached hydrogens (tertiary/aromatic N) is 4. The molecule has 0 fully saturated rings. The van der Waals surface area contributed by atoms with Crippen LogP contribution < -0.4 is 19.6 Å². The van der Waals surface area contributed by atoms with Crippen LogP contribution in [0.4, 0.5) is 5.69 Å². The van der Waals surface area contributed by atoms with Gasteiger partial charge >= 0.3 is 5.97 Å². The van der Waals surface area contributed by atoms with Crippen LogP contribution in [0.1, 0.15) is 45.0 Å². The summed E-state index contributed by atoms with van der Waals surface area (Å²) in [5.74, 6) is 0.157. The Bertz CT molecular complexity index is 1830. The van der Waals surface area contributed by atoms with Crippen molar-refractivity contribution in [3.8, 4) is 11.4 Å². The van der Waals surface area contributed by atoms with Gasteiger partial charge in [-0.1, -0.05) is 23.5 Å². The number of hydrogen-bond acceptors (Lipinski definition) is 8. The van der Waals surface area contributed by atoms with Gasteiger partial charge in [-0.05, 0) is 75.7 Å². The van der Waals surface area contributed by atoms with Crippen molar-refractivity contribution in [3.05, 3.63) is 119 Å². The van der Waals surface area contributed by atoms with E-state index in [9.17, 15) is 19.7 Å². The van der Waals surface area contributed by atoms with Gasteiger partial charge in [0.05, 0.1) is 39.5 Å². The molecule has 3 heterocycles. The lowest BCUT2D eigenvalue weighted by molar-refractivity contribution is -0.384. The van der Waals surface area contributed by atoms with Crippen LogP contribution in [0, 0.1) is 10.1 Å². The molecule has 0 spiro atoms. The maximum Gasteiger partial charge on any atom is 0.338 e. The monoisotopic (exact) mass is 572 g/mol. The van der Waals surface area contributed by atoms with E-state index in [2.05, 4.69) is 4.99 Å². The molecule has 0 unspecified atom stereocenters. The zero-order valence-electron chi connectivity index (χ0n) is 22.9. The SMILES string of the molecule is CCOc1ccc([C@H]2C(C(=O)OC(C)C)=C(C)N=c3s/c(=C/c4cccn4-c4ccc([N+](=O)[O-])cc4)c(=O)n32)cc1. The van der Waals surface area contributed by atoms with E-state index in [-0.39, 0.29) is 17.4 Å². The summed E-state index contributed by atoms with van der Waals surface area (Å²) in [5.41, 5.74) is 2.62. The molecule has 210 valence electrons. The highest BCUT2D eigenvalue weighted by Gasteiger charge is 2.33. The number of allylic oxidation sites excluding steroid dienone is 1. The first-order valence-electron chi connectivity index (χ1n) is 13.1. The molecular formula is C30H28N4O6S. The maximum atomic E-state index is 14.0. The summed E-state index contributed by atoms with van der Waals surface area (Å²) >= 11 is 1.23. The van der Waals surface area contributed by atoms with E-state index in [1.807, 2.05) is 54.1 Å². The largest absolute Gasteiger partial charge is 0.494 e. The first-order valence-corrected chi connectivity index (χ1v) is 13.9. The number of rotatable bonds is 8. The molecule has 11 heteroatoms. The van der Waals surface area contributed by atoms with Crippen LogP contribution in [0.5, 0.6) is 5.75 Å². The molecule has 10 nitrogen and oxygen atoms in total. The fourth-order valence-corrected chi connectivity index (χ4v) is 5.74. The fraction of sp³-hybridized carbons (Fsp3) is 0.233. The number of ether oxygens (including phenoxy) is 2. The first kappa shape index (κ1) is 27.8. The number of nitro groups is 1. The number of aromatic nitrogens is 2. The van der Waals surface area contributed by atoms with E-state index in [1.165, 1.54) is 28.0 Å². The van der Waals surface area contributed by atoms with Crippen LogP contribution in [-0.2, 0) is 9.53 Å². The van der Waals surface area contributed by atoms with Gasteiger partial charge in [-0.3, -0.25) is 19.5 Å². The van der Waals surface area contributed by atoms with Gasteiger partial charge in [0.25, 0.3) is 11.2 Å². The summed E-state index contributed by atoms with van der Waals surface area (Å²) in [5, 5.41) is 11.1. The van der Waals surface area contributed by atoms with E-state index in [0.717, 1.165) is 5.56 Å². The summed E-state index contributed by atoms with van der Waals surface area (Å²) in [7, 11) is 0. The third-order valence-electron chi connectivity index (χ3n) is 6.49. The number of hydrogen-bond donors (Lipinski definition) is 0. The van der Waals surface area contributed by atoms with Crippen molar-refractivity contribution in [2.45, 2.75) is 39.8 Å². The first-order chi connectivity index (χ1) is 19.7. The van der Waals surface area contributed by atoms with Gasteiger partial charge in [-0.25, -0.2) is 9.79 Å². The Morgan fingerprint density at radius 2 is 1.85 bits per heavy atom. The topological polar surface area (TPSA) is 118 Å². The van der Waals surface area contributed by atoms with E-state index >= 15 is 0 Å². The average Bonchev–Trinajstić information content (AvgIpc) is 3.52. The van der Waals surface area contributed by atoms with Gasteiger partial charge in [0.2, 0.25) is 0 Å². The van der Waals surface area contributed by atoms with Crippen molar-refractivity contribution in [2.24, 2.45) is 4.99 Å². The Morgan fingerprint density at radius 1 is 1.15 bits per heavy atom. The minimum atomic E-state index is -0.739. The van der Waals surface area contributed by atoms with Crippen molar-refractivity contribution >= 4 is 29.1 Å². The summed E-state index contributed by atoms with van der Waals surface area (Å²) in [4.78, 5) is 43.0. The molecule has 0 aliphatic carbocycles. The second-order valence-electron chi connectivity index (χ2n) is 9.61. The molecule has 0 saturated heterocycles. The number of fused-ring (bicyclic) bond motifs is 1. The molecule has 4 aromatic rings. The second-order valence-corrected chi connectivity index (χ2v) is 10.6. The minimum Gasteiger partial charge on any atom is -0.494 e. The van der Waals surface area contributed by atoms with Crippen molar-refractivity contribution in [1.29, 1.82) is 0 Å². The van der Waals surface area contributed by atoms with Crippen LogP contribution in [0.15, 0.2) is 87.9 Å². The molecule has 41 heavy (non-hydrogen) atoms. The normalized spacial score (nSPS) is 15.0. The van der Waals surface area contributed by atoms with Crippen molar-refractivity contribution < 1.29 is 19.2 Å². The van der Waals surface area contributed by atoms with E-state index in [1.54, 1.807) is 39.0 Å². The standard InChI is InChI=1S/C30H28N4O6S/c1-5-39-24-14-8-20(9-15-24)27-26(29(36)40-18(2)3)19(4)31-30-33(27)28(35)25(41-30)17-23-7-6-16-32(23)21-10-12-22(13-11-21)34(37)38/h6-18,27H,5H2,1-4H3/b25-17+/t27-/m0/s1. The lowest BCUT2D eigenvalue weighted by Gasteiger charge is -2.25. The van der Waals surface area contributed by atoms with E-state index < -0.39 is 16.9 Å². The Labute approximate surface area is 239 Å². The quantitative estimate of drug-likeness (QED) is 0.177. The molecule has 0 amide bonds. The number of carbonyl (C=O) groups excluding carboxylic acids is 1. The number of nitro benzene ring substituents is 1. The van der Waals surface area contributed by atoms with Gasteiger partial charge in [-0.2, -0.15) is 0 Å². The Hall–Kier alpha value is -4.77. The predicted molar refractivity (Wildman–Crippen MR) is 155 cm³/mol. The molecule has 1 atom stereocenters. The molecule has 2 aromatic heterocycles. The number of carbonyl (C=O) groups is 1. The van der Waals surface area contributed by atoms with Crippen molar-refractivity contribution in [2.75, 3.05) is 6.61 Å². The summed E-state index contributed by atoms with van der Waals surface area (Å²) in [6, 6.07) is 16.4. The van der Waals surface area contributed by atoms with Crippen molar-refractivity contribution in [3.63, 3.8) is 0 Å². The molecular weight excluding hydrogens is 544 g/mol. The van der Waals surface area contributed by atoms with Crippen LogP contribution >= 0.6 is 11.3 Å². The number of thiazole rings is 1. The van der Waals surface area contributed by atoms with Crippen LogP contribution in [0.25, 0.3) is 11.8 Å². The lowest BCUT2D eigenvalue weighted by atomic mass is 9.96. The van der Waals surface area contributed by atoms with Gasteiger partial charge in [-0.15, -0.1) is 0 Å². The maximum absolute atomic E-state index is 14.0. The number of benzene rings is 2. The zero-order chi connectivity index (χ0) is 29.3.